The minimum absolute atomic E-state index is 0.180. The zero-order valence-electron chi connectivity index (χ0n) is 10.5. The van der Waals surface area contributed by atoms with E-state index in [1.54, 1.807) is 0 Å². The molecule has 0 radical (unpaired) electrons. The first kappa shape index (κ1) is 13.5. The van der Waals surface area contributed by atoms with Crippen LogP contribution in [-0.4, -0.2) is 24.0 Å². The van der Waals surface area contributed by atoms with Crippen LogP contribution >= 0.6 is 27.3 Å². The summed E-state index contributed by atoms with van der Waals surface area (Å²) in [5.74, 6) is 0.916. The van der Waals surface area contributed by atoms with Crippen molar-refractivity contribution in [2.45, 2.75) is 38.8 Å². The Balaban J connectivity index is 2.13. The fourth-order valence-electron chi connectivity index (χ4n) is 2.33. The van der Waals surface area contributed by atoms with Gasteiger partial charge >= 0.3 is 0 Å². The van der Waals surface area contributed by atoms with Crippen molar-refractivity contribution in [3.63, 3.8) is 0 Å². The van der Waals surface area contributed by atoms with Crippen molar-refractivity contribution in [1.29, 1.82) is 0 Å². The van der Waals surface area contributed by atoms with Crippen LogP contribution in [0.25, 0.3) is 0 Å². The lowest BCUT2D eigenvalue weighted by atomic mass is 10.1. The Labute approximate surface area is 116 Å². The highest BCUT2D eigenvalue weighted by molar-refractivity contribution is 9.10. The van der Waals surface area contributed by atoms with Crippen LogP contribution in [0.15, 0.2) is 15.9 Å². The third kappa shape index (κ3) is 3.53. The monoisotopic (exact) mass is 316 g/mol. The number of nitrogens with zero attached hydrogens (tertiary/aromatic N) is 1. The molecule has 1 heterocycles. The molecule has 17 heavy (non-hydrogen) atoms. The summed E-state index contributed by atoms with van der Waals surface area (Å²) in [5.41, 5.74) is 6.20. The van der Waals surface area contributed by atoms with Gasteiger partial charge in [0.1, 0.15) is 0 Å². The van der Waals surface area contributed by atoms with Gasteiger partial charge in [-0.2, -0.15) is 0 Å². The highest BCUT2D eigenvalue weighted by Crippen LogP contribution is 2.36. The van der Waals surface area contributed by atoms with E-state index in [1.165, 1.54) is 28.7 Å². The van der Waals surface area contributed by atoms with Gasteiger partial charge in [0.15, 0.2) is 0 Å². The molecule has 2 nitrogen and oxygen atoms in total. The number of hydrogen-bond acceptors (Lipinski definition) is 3. The van der Waals surface area contributed by atoms with Crippen LogP contribution in [0.3, 0.4) is 0 Å². The average molecular weight is 317 g/mol. The summed E-state index contributed by atoms with van der Waals surface area (Å²) < 4.78 is 1.17. The number of rotatable bonds is 6. The standard InChI is InChI=1S/C13H21BrN2S/c1-3-16(7-10-4-5-10)13(9(2)15)12-6-11(14)8-17-12/h6,8-10,13H,3-5,7,15H2,1-2H3. The summed E-state index contributed by atoms with van der Waals surface area (Å²) >= 11 is 5.34. The van der Waals surface area contributed by atoms with Gasteiger partial charge in [-0.15, -0.1) is 11.3 Å². The highest BCUT2D eigenvalue weighted by Gasteiger charge is 2.30. The number of thiophene rings is 1. The molecule has 0 aromatic carbocycles. The Morgan fingerprint density at radius 1 is 1.59 bits per heavy atom. The van der Waals surface area contributed by atoms with Crippen LogP contribution < -0.4 is 5.73 Å². The Morgan fingerprint density at radius 3 is 2.71 bits per heavy atom. The maximum absolute atomic E-state index is 6.20. The molecule has 96 valence electrons. The lowest BCUT2D eigenvalue weighted by Gasteiger charge is -2.32. The van der Waals surface area contributed by atoms with Gasteiger partial charge in [-0.3, -0.25) is 4.90 Å². The lowest BCUT2D eigenvalue weighted by Crippen LogP contribution is -2.40. The second-order valence-electron chi connectivity index (χ2n) is 5.00. The number of halogens is 1. The van der Waals surface area contributed by atoms with E-state index >= 15 is 0 Å². The smallest absolute Gasteiger partial charge is 0.0591 e. The first-order valence-electron chi connectivity index (χ1n) is 6.35. The van der Waals surface area contributed by atoms with Gasteiger partial charge in [-0.1, -0.05) is 6.92 Å². The van der Waals surface area contributed by atoms with Crippen LogP contribution in [0, 0.1) is 5.92 Å². The predicted molar refractivity (Wildman–Crippen MR) is 78.4 cm³/mol. The molecule has 0 bridgehead atoms. The molecule has 1 aromatic rings. The van der Waals surface area contributed by atoms with E-state index in [2.05, 4.69) is 46.1 Å². The molecule has 0 saturated heterocycles. The van der Waals surface area contributed by atoms with Gasteiger partial charge in [-0.25, -0.2) is 0 Å². The van der Waals surface area contributed by atoms with Crippen molar-refractivity contribution in [1.82, 2.24) is 4.90 Å². The van der Waals surface area contributed by atoms with Crippen molar-refractivity contribution in [2.24, 2.45) is 11.7 Å². The van der Waals surface area contributed by atoms with Gasteiger partial charge in [0.2, 0.25) is 0 Å². The molecular formula is C13H21BrN2S. The van der Waals surface area contributed by atoms with Gasteiger partial charge in [0, 0.05) is 27.3 Å². The summed E-state index contributed by atoms with van der Waals surface area (Å²) in [6.45, 7) is 6.64. The van der Waals surface area contributed by atoms with Crippen molar-refractivity contribution < 1.29 is 0 Å². The van der Waals surface area contributed by atoms with E-state index in [1.807, 2.05) is 11.3 Å². The summed E-state index contributed by atoms with van der Waals surface area (Å²) in [4.78, 5) is 3.93. The van der Waals surface area contributed by atoms with Crippen LogP contribution in [0.5, 0.6) is 0 Å². The Hall–Kier alpha value is 0.1000. The van der Waals surface area contributed by atoms with Crippen LogP contribution in [0.4, 0.5) is 0 Å². The molecule has 2 N–H and O–H groups in total. The van der Waals surface area contributed by atoms with E-state index in [0.29, 0.717) is 6.04 Å². The molecule has 1 aliphatic carbocycles. The van der Waals surface area contributed by atoms with Gasteiger partial charge in [0.25, 0.3) is 0 Å². The fourth-order valence-corrected chi connectivity index (χ4v) is 4.02. The van der Waals surface area contributed by atoms with Gasteiger partial charge in [0.05, 0.1) is 6.04 Å². The van der Waals surface area contributed by atoms with Crippen LogP contribution in [0.2, 0.25) is 0 Å². The molecule has 2 atom stereocenters. The molecule has 1 fully saturated rings. The zero-order valence-corrected chi connectivity index (χ0v) is 12.9. The molecule has 0 spiro atoms. The molecule has 2 unspecified atom stereocenters. The van der Waals surface area contributed by atoms with E-state index in [9.17, 15) is 0 Å². The van der Waals surface area contributed by atoms with E-state index in [-0.39, 0.29) is 6.04 Å². The molecular weight excluding hydrogens is 296 g/mol. The summed E-state index contributed by atoms with van der Waals surface area (Å²) in [7, 11) is 0. The fraction of sp³-hybridized carbons (Fsp3) is 0.692. The SMILES string of the molecule is CCN(CC1CC1)C(c1cc(Br)cs1)C(C)N. The molecule has 4 heteroatoms. The van der Waals surface area contributed by atoms with Crippen molar-refractivity contribution in [3.05, 3.63) is 20.8 Å². The minimum Gasteiger partial charge on any atom is -0.326 e. The molecule has 2 rings (SSSR count). The second-order valence-corrected chi connectivity index (χ2v) is 6.86. The summed E-state index contributed by atoms with van der Waals surface area (Å²) in [5, 5.41) is 2.15. The summed E-state index contributed by atoms with van der Waals surface area (Å²) in [6, 6.07) is 2.77. The van der Waals surface area contributed by atoms with Crippen LogP contribution in [0.1, 0.15) is 37.6 Å². The topological polar surface area (TPSA) is 29.3 Å². The number of nitrogens with two attached hydrogens (primary N) is 1. The lowest BCUT2D eigenvalue weighted by molar-refractivity contribution is 0.181. The van der Waals surface area contributed by atoms with Crippen molar-refractivity contribution in [2.75, 3.05) is 13.1 Å². The minimum atomic E-state index is 0.180. The molecule has 0 amide bonds. The summed E-state index contributed by atoms with van der Waals surface area (Å²) in [6.07, 6.45) is 2.80. The van der Waals surface area contributed by atoms with Crippen molar-refractivity contribution in [3.8, 4) is 0 Å². The molecule has 1 aliphatic rings. The third-order valence-corrected chi connectivity index (χ3v) is 5.13. The van der Waals surface area contributed by atoms with Gasteiger partial charge in [-0.05, 0) is 54.2 Å². The molecule has 1 aromatic heterocycles. The first-order valence-corrected chi connectivity index (χ1v) is 8.02. The second kappa shape index (κ2) is 5.83. The third-order valence-electron chi connectivity index (χ3n) is 3.37. The number of hydrogen-bond donors (Lipinski definition) is 1. The Morgan fingerprint density at radius 2 is 2.29 bits per heavy atom. The van der Waals surface area contributed by atoms with E-state index in [4.69, 9.17) is 5.73 Å². The van der Waals surface area contributed by atoms with E-state index in [0.717, 1.165) is 12.5 Å². The van der Waals surface area contributed by atoms with Crippen LogP contribution in [-0.2, 0) is 0 Å². The predicted octanol–water partition coefficient (Wildman–Crippen LogP) is 3.63. The quantitative estimate of drug-likeness (QED) is 0.868. The maximum Gasteiger partial charge on any atom is 0.0591 e. The largest absolute Gasteiger partial charge is 0.326 e. The first-order chi connectivity index (χ1) is 8.11. The Kier molecular flexibility index (Phi) is 4.64. The average Bonchev–Trinajstić information content (AvgIpc) is 2.99. The van der Waals surface area contributed by atoms with Gasteiger partial charge < -0.3 is 5.73 Å². The number of likely N-dealkylation sites (N-methyl/N-ethyl adjacent to an activating group) is 1. The van der Waals surface area contributed by atoms with E-state index < -0.39 is 0 Å². The van der Waals surface area contributed by atoms with Crippen molar-refractivity contribution >= 4 is 27.3 Å². The highest BCUT2D eigenvalue weighted by atomic mass is 79.9. The normalized spacial score (nSPS) is 19.6. The maximum atomic E-state index is 6.20. The zero-order chi connectivity index (χ0) is 12.4. The molecule has 0 aliphatic heterocycles. The molecule has 1 saturated carbocycles. The Bertz CT molecular complexity index is 360.